The minimum absolute atomic E-state index is 0.00178. The van der Waals surface area contributed by atoms with Crippen LogP contribution in [-0.2, 0) is 0 Å². The van der Waals surface area contributed by atoms with Gasteiger partial charge in [-0.15, -0.1) is 0 Å². The highest BCUT2D eigenvalue weighted by molar-refractivity contribution is 5.72. The smallest absolute Gasteiger partial charge is 0.0544 e. The molecule has 0 aromatic heterocycles. The lowest BCUT2D eigenvalue weighted by Crippen LogP contribution is -2.52. The fraction of sp³-hybridized carbons (Fsp3) is 0.680. The van der Waals surface area contributed by atoms with Gasteiger partial charge in [-0.3, -0.25) is 0 Å². The number of aliphatic hydroxyl groups is 3. The average molecular weight is 385 g/mol. The van der Waals surface area contributed by atoms with E-state index in [2.05, 4.69) is 50.3 Å². The Morgan fingerprint density at radius 1 is 0.964 bits per heavy atom. The number of hydrogen-bond acceptors (Lipinski definition) is 3. The maximum Gasteiger partial charge on any atom is 0.0544 e. The van der Waals surface area contributed by atoms with E-state index in [1.54, 1.807) is 0 Å². The van der Waals surface area contributed by atoms with Crippen LogP contribution in [0.4, 0.5) is 0 Å². The van der Waals surface area contributed by atoms with Gasteiger partial charge in [0.05, 0.1) is 6.10 Å². The maximum absolute atomic E-state index is 10.5. The first-order valence-electron chi connectivity index (χ1n) is 11.1. The van der Waals surface area contributed by atoms with Gasteiger partial charge in [-0.25, -0.2) is 0 Å². The third kappa shape index (κ3) is 3.07. The first-order chi connectivity index (χ1) is 13.4. The minimum atomic E-state index is -0.288. The highest BCUT2D eigenvalue weighted by atomic mass is 16.3. The summed E-state index contributed by atoms with van der Waals surface area (Å²) in [4.78, 5) is 0. The highest BCUT2D eigenvalue weighted by Crippen LogP contribution is 2.63. The van der Waals surface area contributed by atoms with E-state index in [0.29, 0.717) is 18.3 Å². The van der Waals surface area contributed by atoms with Crippen LogP contribution in [0.5, 0.6) is 0 Å². The molecule has 3 nitrogen and oxygen atoms in total. The maximum atomic E-state index is 10.5. The van der Waals surface area contributed by atoms with Crippen molar-refractivity contribution in [2.45, 2.75) is 58.5 Å². The third-order valence-corrected chi connectivity index (χ3v) is 8.89. The Kier molecular flexibility index (Phi) is 5.45. The zero-order valence-corrected chi connectivity index (χ0v) is 17.3. The van der Waals surface area contributed by atoms with Crippen LogP contribution in [0.25, 0.3) is 5.57 Å². The second kappa shape index (κ2) is 7.59. The van der Waals surface area contributed by atoms with Crippen molar-refractivity contribution in [3.63, 3.8) is 0 Å². The number of aliphatic hydroxyl groups excluding tert-OH is 3. The first-order valence-corrected chi connectivity index (χ1v) is 11.1. The zero-order chi connectivity index (χ0) is 19.9. The SMILES string of the molecule is CC12CCC([C@@]3(C)CC[C@H](O)C[C@@H]3CO)C(CO)C1CC=C2c1ccccc1. The Hall–Kier alpha value is -1.16. The fourth-order valence-corrected chi connectivity index (χ4v) is 7.16. The highest BCUT2D eigenvalue weighted by Gasteiger charge is 2.56. The molecule has 2 fully saturated rings. The molecule has 154 valence electrons. The molecule has 0 bridgehead atoms. The normalized spacial score (nSPS) is 43.5. The Labute approximate surface area is 169 Å². The Morgan fingerprint density at radius 2 is 1.71 bits per heavy atom. The minimum Gasteiger partial charge on any atom is -0.396 e. The lowest BCUT2D eigenvalue weighted by atomic mass is 9.49. The third-order valence-electron chi connectivity index (χ3n) is 8.89. The summed E-state index contributed by atoms with van der Waals surface area (Å²) in [5.74, 6) is 1.24. The molecular formula is C25H36O3. The summed E-state index contributed by atoms with van der Waals surface area (Å²) in [7, 11) is 0. The molecule has 4 unspecified atom stereocenters. The van der Waals surface area contributed by atoms with Crippen molar-refractivity contribution in [3.8, 4) is 0 Å². The van der Waals surface area contributed by atoms with Gasteiger partial charge in [0, 0.05) is 13.2 Å². The molecule has 1 aromatic carbocycles. The molecule has 3 heteroatoms. The summed E-state index contributed by atoms with van der Waals surface area (Å²) in [6, 6.07) is 10.7. The van der Waals surface area contributed by atoms with Gasteiger partial charge in [-0.1, -0.05) is 50.3 Å². The van der Waals surface area contributed by atoms with Gasteiger partial charge in [0.2, 0.25) is 0 Å². The van der Waals surface area contributed by atoms with Crippen LogP contribution in [0, 0.1) is 34.5 Å². The lowest BCUT2D eigenvalue weighted by Gasteiger charge is -2.56. The van der Waals surface area contributed by atoms with Gasteiger partial charge in [0.15, 0.2) is 0 Å². The van der Waals surface area contributed by atoms with E-state index in [0.717, 1.165) is 32.1 Å². The topological polar surface area (TPSA) is 60.7 Å². The molecular weight excluding hydrogens is 348 g/mol. The molecule has 0 saturated heterocycles. The van der Waals surface area contributed by atoms with Gasteiger partial charge < -0.3 is 15.3 Å². The summed E-state index contributed by atoms with van der Waals surface area (Å²) < 4.78 is 0. The van der Waals surface area contributed by atoms with E-state index in [1.165, 1.54) is 11.1 Å². The van der Waals surface area contributed by atoms with Crippen molar-refractivity contribution in [1.29, 1.82) is 0 Å². The predicted molar refractivity (Wildman–Crippen MR) is 112 cm³/mol. The Morgan fingerprint density at radius 3 is 2.39 bits per heavy atom. The second-order valence-corrected chi connectivity index (χ2v) is 10.0. The largest absolute Gasteiger partial charge is 0.396 e. The first kappa shape index (κ1) is 20.1. The summed E-state index contributed by atoms with van der Waals surface area (Å²) >= 11 is 0. The lowest BCUT2D eigenvalue weighted by molar-refractivity contribution is -0.103. The van der Waals surface area contributed by atoms with E-state index in [9.17, 15) is 15.3 Å². The van der Waals surface area contributed by atoms with Crippen LogP contribution < -0.4 is 0 Å². The van der Waals surface area contributed by atoms with Crippen molar-refractivity contribution in [3.05, 3.63) is 42.0 Å². The van der Waals surface area contributed by atoms with Crippen LogP contribution >= 0.6 is 0 Å². The molecule has 3 aliphatic rings. The van der Waals surface area contributed by atoms with E-state index in [4.69, 9.17) is 0 Å². The number of allylic oxidation sites excluding steroid dienone is 2. The van der Waals surface area contributed by atoms with Gasteiger partial charge >= 0.3 is 0 Å². The van der Waals surface area contributed by atoms with E-state index in [1.807, 2.05) is 0 Å². The summed E-state index contributed by atoms with van der Waals surface area (Å²) in [5, 5.41) is 30.7. The van der Waals surface area contributed by atoms with Crippen molar-refractivity contribution in [2.24, 2.45) is 34.5 Å². The van der Waals surface area contributed by atoms with Crippen LogP contribution in [0.1, 0.15) is 57.9 Å². The second-order valence-electron chi connectivity index (χ2n) is 10.0. The fourth-order valence-electron chi connectivity index (χ4n) is 7.16. The molecule has 3 N–H and O–H groups in total. The van der Waals surface area contributed by atoms with E-state index < -0.39 is 0 Å². The predicted octanol–water partition coefficient (Wildman–Crippen LogP) is 4.27. The molecule has 0 amide bonds. The Bertz CT molecular complexity index is 714. The quantitative estimate of drug-likeness (QED) is 0.726. The summed E-state index contributed by atoms with van der Waals surface area (Å²) in [5.41, 5.74) is 2.89. The molecule has 0 aliphatic heterocycles. The molecule has 4 rings (SSSR count). The van der Waals surface area contributed by atoms with Gasteiger partial charge in [0.1, 0.15) is 0 Å². The standard InChI is InChI=1S/C25H36O3/c1-24(12-10-19(28)14-18(24)15-26)23-11-13-25(2)21(17-6-4-3-5-7-17)8-9-22(25)20(23)16-27/h3-8,18-20,22-23,26-28H,9-16H2,1-2H3/t18-,19+,20?,22?,23?,24+,25?/m1/s1. The molecule has 0 spiro atoms. The molecule has 28 heavy (non-hydrogen) atoms. The van der Waals surface area contributed by atoms with E-state index in [-0.39, 0.29) is 42.0 Å². The molecule has 7 atom stereocenters. The van der Waals surface area contributed by atoms with Crippen molar-refractivity contribution in [2.75, 3.05) is 13.2 Å². The number of benzene rings is 1. The van der Waals surface area contributed by atoms with Crippen LogP contribution in [-0.4, -0.2) is 34.6 Å². The van der Waals surface area contributed by atoms with Crippen LogP contribution in [0.15, 0.2) is 36.4 Å². The van der Waals surface area contributed by atoms with Gasteiger partial charge in [0.25, 0.3) is 0 Å². The van der Waals surface area contributed by atoms with Crippen molar-refractivity contribution in [1.82, 2.24) is 0 Å². The van der Waals surface area contributed by atoms with Gasteiger partial charge in [-0.05, 0) is 84.2 Å². The zero-order valence-electron chi connectivity index (χ0n) is 17.3. The molecule has 3 aliphatic carbocycles. The summed E-state index contributed by atoms with van der Waals surface area (Å²) in [6.45, 7) is 5.07. The number of hydrogen-bond donors (Lipinski definition) is 3. The molecule has 0 radical (unpaired) electrons. The average Bonchev–Trinajstić information content (AvgIpc) is 3.06. The van der Waals surface area contributed by atoms with Crippen molar-refractivity contribution < 1.29 is 15.3 Å². The molecule has 1 aromatic rings. The number of fused-ring (bicyclic) bond motifs is 1. The van der Waals surface area contributed by atoms with Crippen LogP contribution in [0.2, 0.25) is 0 Å². The monoisotopic (exact) mass is 384 g/mol. The van der Waals surface area contributed by atoms with E-state index >= 15 is 0 Å². The van der Waals surface area contributed by atoms with Gasteiger partial charge in [-0.2, -0.15) is 0 Å². The number of rotatable bonds is 4. The van der Waals surface area contributed by atoms with Crippen molar-refractivity contribution >= 4 is 5.57 Å². The summed E-state index contributed by atoms with van der Waals surface area (Å²) in [6.07, 6.45) is 7.84. The molecule has 0 heterocycles. The Balaban J connectivity index is 1.63. The van der Waals surface area contributed by atoms with Crippen LogP contribution in [0.3, 0.4) is 0 Å². The molecule has 2 saturated carbocycles.